The number of thiophene rings is 1. The molecule has 0 unspecified atom stereocenters. The summed E-state index contributed by atoms with van der Waals surface area (Å²) in [5.41, 5.74) is 0.477. The maximum Gasteiger partial charge on any atom is 0.233 e. The van der Waals surface area contributed by atoms with Gasteiger partial charge in [0.05, 0.1) is 10.6 Å². The largest absolute Gasteiger partial charge is 0.341 e. The van der Waals surface area contributed by atoms with Crippen LogP contribution in [0.1, 0.15) is 5.56 Å². The van der Waals surface area contributed by atoms with Gasteiger partial charge in [0, 0.05) is 19.2 Å². The first kappa shape index (κ1) is 17.4. The third-order valence-corrected chi connectivity index (χ3v) is 5.32. The van der Waals surface area contributed by atoms with E-state index in [2.05, 4.69) is 10.2 Å². The number of amides is 1. The van der Waals surface area contributed by atoms with Crippen molar-refractivity contribution in [3.05, 3.63) is 53.2 Å². The molecular formula is C16H16FN5OS2. The summed E-state index contributed by atoms with van der Waals surface area (Å²) in [5.74, 6) is 6.24. The molecule has 0 aliphatic heterocycles. The Morgan fingerprint density at radius 1 is 1.32 bits per heavy atom. The van der Waals surface area contributed by atoms with E-state index < -0.39 is 0 Å². The number of carbonyl (C=O) groups is 1. The minimum absolute atomic E-state index is 0.144. The van der Waals surface area contributed by atoms with Crippen LogP contribution in [0.4, 0.5) is 4.39 Å². The molecular weight excluding hydrogens is 361 g/mol. The summed E-state index contributed by atoms with van der Waals surface area (Å²) in [4.78, 5) is 14.6. The molecule has 0 spiro atoms. The van der Waals surface area contributed by atoms with E-state index in [9.17, 15) is 9.18 Å². The average Bonchev–Trinajstić information content (AvgIpc) is 3.24. The van der Waals surface area contributed by atoms with E-state index in [0.29, 0.717) is 16.5 Å². The minimum Gasteiger partial charge on any atom is -0.341 e. The first-order chi connectivity index (χ1) is 12.1. The van der Waals surface area contributed by atoms with Crippen LogP contribution in [0.5, 0.6) is 0 Å². The zero-order chi connectivity index (χ0) is 17.8. The molecule has 130 valence electrons. The molecule has 6 nitrogen and oxygen atoms in total. The second kappa shape index (κ2) is 7.66. The number of rotatable bonds is 6. The van der Waals surface area contributed by atoms with Crippen molar-refractivity contribution in [1.29, 1.82) is 0 Å². The van der Waals surface area contributed by atoms with Crippen molar-refractivity contribution in [2.75, 3.05) is 18.6 Å². The van der Waals surface area contributed by atoms with E-state index >= 15 is 0 Å². The normalized spacial score (nSPS) is 10.8. The van der Waals surface area contributed by atoms with Gasteiger partial charge in [-0.3, -0.25) is 4.79 Å². The zero-order valence-electron chi connectivity index (χ0n) is 13.4. The highest BCUT2D eigenvalue weighted by Gasteiger charge is 2.16. The van der Waals surface area contributed by atoms with Crippen LogP contribution in [0.25, 0.3) is 10.7 Å². The summed E-state index contributed by atoms with van der Waals surface area (Å²) in [5, 5.41) is 10.5. The van der Waals surface area contributed by atoms with Crippen molar-refractivity contribution < 1.29 is 9.18 Å². The lowest BCUT2D eigenvalue weighted by molar-refractivity contribution is -0.127. The number of aromatic nitrogens is 3. The molecule has 0 saturated heterocycles. The minimum atomic E-state index is -0.322. The molecule has 25 heavy (non-hydrogen) atoms. The van der Waals surface area contributed by atoms with E-state index in [1.165, 1.54) is 38.7 Å². The SMILES string of the molecule is CN(Cc1ccccc1F)C(=O)CSc1nnc(-c2cccs2)n1N. The third-order valence-electron chi connectivity index (χ3n) is 3.52. The van der Waals surface area contributed by atoms with Crippen LogP contribution in [0.3, 0.4) is 0 Å². The Kier molecular flexibility index (Phi) is 5.34. The van der Waals surface area contributed by atoms with Gasteiger partial charge in [-0.1, -0.05) is 36.0 Å². The summed E-state index contributed by atoms with van der Waals surface area (Å²) in [6, 6.07) is 10.2. The van der Waals surface area contributed by atoms with Gasteiger partial charge in [-0.2, -0.15) is 0 Å². The van der Waals surface area contributed by atoms with Gasteiger partial charge in [0.15, 0.2) is 5.82 Å². The Hall–Kier alpha value is -2.39. The summed E-state index contributed by atoms with van der Waals surface area (Å²) in [6.45, 7) is 0.210. The van der Waals surface area contributed by atoms with Crippen molar-refractivity contribution in [2.45, 2.75) is 11.7 Å². The smallest absolute Gasteiger partial charge is 0.233 e. The quantitative estimate of drug-likeness (QED) is 0.528. The first-order valence-electron chi connectivity index (χ1n) is 7.41. The summed E-state index contributed by atoms with van der Waals surface area (Å²) < 4.78 is 15.0. The van der Waals surface area contributed by atoms with Gasteiger partial charge in [-0.25, -0.2) is 9.07 Å². The average molecular weight is 377 g/mol. The Labute approximate surface area is 152 Å². The highest BCUT2D eigenvalue weighted by molar-refractivity contribution is 7.99. The number of hydrogen-bond acceptors (Lipinski definition) is 6. The van der Waals surface area contributed by atoms with Gasteiger partial charge in [0.2, 0.25) is 11.1 Å². The lowest BCUT2D eigenvalue weighted by atomic mass is 10.2. The number of thioether (sulfide) groups is 1. The van der Waals surface area contributed by atoms with Crippen molar-refractivity contribution >= 4 is 29.0 Å². The number of benzene rings is 1. The Morgan fingerprint density at radius 2 is 2.12 bits per heavy atom. The first-order valence-corrected chi connectivity index (χ1v) is 9.27. The molecule has 0 aliphatic carbocycles. The van der Waals surface area contributed by atoms with Crippen molar-refractivity contribution in [3.63, 3.8) is 0 Å². The molecule has 2 aromatic heterocycles. The molecule has 1 amide bonds. The van der Waals surface area contributed by atoms with Gasteiger partial charge in [-0.05, 0) is 17.5 Å². The second-order valence-corrected chi connectivity index (χ2v) is 7.17. The fourth-order valence-corrected chi connectivity index (χ4v) is 3.66. The van der Waals surface area contributed by atoms with Gasteiger partial charge < -0.3 is 10.7 Å². The van der Waals surface area contributed by atoms with Crippen molar-refractivity contribution in [2.24, 2.45) is 0 Å². The maximum absolute atomic E-state index is 13.7. The number of nitrogen functional groups attached to an aromatic ring is 1. The summed E-state index contributed by atoms with van der Waals surface area (Å²) >= 11 is 2.71. The Balaban J connectivity index is 1.60. The fourth-order valence-electron chi connectivity index (χ4n) is 2.16. The molecule has 0 aliphatic rings. The zero-order valence-corrected chi connectivity index (χ0v) is 15.1. The lowest BCUT2D eigenvalue weighted by Crippen LogP contribution is -2.28. The molecule has 9 heteroatoms. The monoisotopic (exact) mass is 377 g/mol. The molecule has 2 heterocycles. The van der Waals surface area contributed by atoms with Crippen LogP contribution in [0, 0.1) is 5.82 Å². The number of nitrogens with zero attached hydrogens (tertiary/aromatic N) is 4. The van der Waals surface area contributed by atoms with Crippen molar-refractivity contribution in [1.82, 2.24) is 19.8 Å². The van der Waals surface area contributed by atoms with E-state index in [4.69, 9.17) is 5.84 Å². The molecule has 0 radical (unpaired) electrons. The van der Waals surface area contributed by atoms with E-state index in [0.717, 1.165) is 4.88 Å². The molecule has 3 aromatic rings. The van der Waals surface area contributed by atoms with Gasteiger partial charge in [0.25, 0.3) is 0 Å². The third kappa shape index (κ3) is 3.99. The number of halogens is 1. The maximum atomic E-state index is 13.7. The fraction of sp³-hybridized carbons (Fsp3) is 0.188. The molecule has 0 atom stereocenters. The van der Waals surface area contributed by atoms with Gasteiger partial charge in [0.1, 0.15) is 5.82 Å². The van der Waals surface area contributed by atoms with E-state index in [1.807, 2.05) is 17.5 Å². The van der Waals surface area contributed by atoms with Gasteiger partial charge in [-0.15, -0.1) is 21.5 Å². The standard InChI is InChI=1S/C16H16FN5OS2/c1-21(9-11-5-2-3-6-12(11)17)14(23)10-25-16-20-19-15(22(16)18)13-7-4-8-24-13/h2-8H,9-10,18H2,1H3. The second-order valence-electron chi connectivity index (χ2n) is 5.28. The predicted molar refractivity (Wildman–Crippen MR) is 97.1 cm³/mol. The molecule has 0 bridgehead atoms. The van der Waals surface area contributed by atoms with Crippen LogP contribution in [0.2, 0.25) is 0 Å². The number of carbonyl (C=O) groups excluding carboxylic acids is 1. The van der Waals surface area contributed by atoms with Crippen molar-refractivity contribution in [3.8, 4) is 10.7 Å². The van der Waals surface area contributed by atoms with E-state index in [1.54, 1.807) is 25.2 Å². The Morgan fingerprint density at radius 3 is 2.84 bits per heavy atom. The molecule has 0 fully saturated rings. The molecule has 1 aromatic carbocycles. The summed E-state index contributed by atoms with van der Waals surface area (Å²) in [7, 11) is 1.64. The highest BCUT2D eigenvalue weighted by Crippen LogP contribution is 2.25. The predicted octanol–water partition coefficient (Wildman–Crippen LogP) is 2.61. The number of nitrogens with two attached hydrogens (primary N) is 1. The van der Waals surface area contributed by atoms with Crippen LogP contribution >= 0.6 is 23.1 Å². The summed E-state index contributed by atoms with van der Waals surface area (Å²) in [6.07, 6.45) is 0. The van der Waals surface area contributed by atoms with E-state index in [-0.39, 0.29) is 24.0 Å². The van der Waals surface area contributed by atoms with Crippen LogP contribution in [-0.2, 0) is 11.3 Å². The molecule has 0 saturated carbocycles. The van der Waals surface area contributed by atoms with Crippen LogP contribution in [-0.4, -0.2) is 38.5 Å². The Bertz CT molecular complexity index is 865. The lowest BCUT2D eigenvalue weighted by Gasteiger charge is -2.17. The number of hydrogen-bond donors (Lipinski definition) is 1. The van der Waals surface area contributed by atoms with Crippen LogP contribution in [0.15, 0.2) is 46.9 Å². The van der Waals surface area contributed by atoms with Crippen LogP contribution < -0.4 is 5.84 Å². The molecule has 2 N–H and O–H groups in total. The van der Waals surface area contributed by atoms with Gasteiger partial charge >= 0.3 is 0 Å². The topological polar surface area (TPSA) is 77.0 Å². The molecule has 3 rings (SSSR count). The highest BCUT2D eigenvalue weighted by atomic mass is 32.2.